The Balaban J connectivity index is 3.84. The summed E-state index contributed by atoms with van der Waals surface area (Å²) < 4.78 is 5.54. The largest absolute Gasteiger partial charge is 0.409 e. The van der Waals surface area contributed by atoms with Crippen molar-refractivity contribution in [1.29, 1.82) is 0 Å². The van der Waals surface area contributed by atoms with Crippen LogP contribution < -0.4 is 5.73 Å². The van der Waals surface area contributed by atoms with Crippen LogP contribution in [0.25, 0.3) is 0 Å². The number of oxime groups is 1. The molecule has 0 radical (unpaired) electrons. The van der Waals surface area contributed by atoms with Gasteiger partial charge in [-0.2, -0.15) is 0 Å². The predicted molar refractivity (Wildman–Crippen MR) is 70.3 cm³/mol. The lowest BCUT2D eigenvalue weighted by Crippen LogP contribution is -2.36. The van der Waals surface area contributed by atoms with Crippen LogP contribution >= 0.6 is 0 Å². The van der Waals surface area contributed by atoms with Gasteiger partial charge >= 0.3 is 0 Å². The van der Waals surface area contributed by atoms with Crippen LogP contribution in [0, 0.1) is 11.8 Å². The Morgan fingerprint density at radius 3 is 2.53 bits per heavy atom. The third kappa shape index (κ3) is 7.99. The van der Waals surface area contributed by atoms with Crippen molar-refractivity contribution in [3.8, 4) is 0 Å². The second kappa shape index (κ2) is 9.24. The van der Waals surface area contributed by atoms with Crippen molar-refractivity contribution in [2.45, 2.75) is 27.7 Å². The molecule has 0 saturated carbocycles. The van der Waals surface area contributed by atoms with Crippen molar-refractivity contribution < 1.29 is 9.94 Å². The van der Waals surface area contributed by atoms with E-state index < -0.39 is 0 Å². The Morgan fingerprint density at radius 1 is 1.41 bits per heavy atom. The summed E-state index contributed by atoms with van der Waals surface area (Å²) in [5, 5.41) is 11.6. The van der Waals surface area contributed by atoms with Gasteiger partial charge in [0.2, 0.25) is 0 Å². The number of hydrogen-bond acceptors (Lipinski definition) is 4. The van der Waals surface area contributed by atoms with Crippen LogP contribution in [0.4, 0.5) is 0 Å². The quantitative estimate of drug-likeness (QED) is 0.211. The summed E-state index contributed by atoms with van der Waals surface area (Å²) in [6.07, 6.45) is 0. The molecule has 0 aliphatic heterocycles. The number of likely N-dealkylation sites (N-methyl/N-ethyl adjacent to an activating group) is 1. The fourth-order valence-electron chi connectivity index (χ4n) is 1.47. The number of rotatable bonds is 9. The molecule has 1 unspecified atom stereocenters. The summed E-state index contributed by atoms with van der Waals surface area (Å²) in [4.78, 5) is 2.24. The monoisotopic (exact) mass is 245 g/mol. The van der Waals surface area contributed by atoms with Gasteiger partial charge in [-0.3, -0.25) is 0 Å². The SMILES string of the molecule is CCN(CCOCC(C)C)CC(C)C(N)=NO. The molecule has 0 fully saturated rings. The maximum absolute atomic E-state index is 8.59. The molecule has 0 aromatic carbocycles. The molecule has 5 nitrogen and oxygen atoms in total. The van der Waals surface area contributed by atoms with Gasteiger partial charge in [0.25, 0.3) is 0 Å². The van der Waals surface area contributed by atoms with E-state index in [4.69, 9.17) is 15.7 Å². The number of nitrogens with zero attached hydrogens (tertiary/aromatic N) is 2. The predicted octanol–water partition coefficient (Wildman–Crippen LogP) is 1.36. The Kier molecular flexibility index (Phi) is 8.80. The fourth-order valence-corrected chi connectivity index (χ4v) is 1.47. The molecule has 5 heteroatoms. The average Bonchev–Trinajstić information content (AvgIpc) is 2.31. The molecule has 0 amide bonds. The third-order valence-electron chi connectivity index (χ3n) is 2.60. The van der Waals surface area contributed by atoms with Crippen LogP contribution in [-0.4, -0.2) is 48.8 Å². The zero-order valence-electron chi connectivity index (χ0n) is 11.5. The van der Waals surface area contributed by atoms with E-state index in [1.165, 1.54) is 0 Å². The first-order valence-electron chi connectivity index (χ1n) is 6.28. The van der Waals surface area contributed by atoms with Gasteiger partial charge in [0.15, 0.2) is 0 Å². The smallest absolute Gasteiger partial charge is 0.143 e. The summed E-state index contributed by atoms with van der Waals surface area (Å²) in [5.74, 6) is 0.915. The van der Waals surface area contributed by atoms with Crippen LogP contribution in [0.3, 0.4) is 0 Å². The molecule has 0 saturated heterocycles. The number of ether oxygens (including phenoxy) is 1. The highest BCUT2D eigenvalue weighted by atomic mass is 16.5. The molecule has 0 aromatic heterocycles. The molecule has 102 valence electrons. The second-order valence-electron chi connectivity index (χ2n) is 4.79. The van der Waals surface area contributed by atoms with E-state index in [0.717, 1.165) is 32.8 Å². The maximum Gasteiger partial charge on any atom is 0.143 e. The molecule has 0 heterocycles. The minimum Gasteiger partial charge on any atom is -0.409 e. The maximum atomic E-state index is 8.59. The summed E-state index contributed by atoms with van der Waals surface area (Å²) in [6, 6.07) is 0. The van der Waals surface area contributed by atoms with Crippen LogP contribution in [0.15, 0.2) is 5.16 Å². The average molecular weight is 245 g/mol. The minimum absolute atomic E-state index is 0.0602. The topological polar surface area (TPSA) is 71.1 Å². The molecule has 0 aliphatic rings. The van der Waals surface area contributed by atoms with Crippen LogP contribution in [-0.2, 0) is 4.74 Å². The first kappa shape index (κ1) is 16.2. The third-order valence-corrected chi connectivity index (χ3v) is 2.60. The van der Waals surface area contributed by atoms with Crippen molar-refractivity contribution in [3.63, 3.8) is 0 Å². The molecule has 17 heavy (non-hydrogen) atoms. The molecule has 3 N–H and O–H groups in total. The Morgan fingerprint density at radius 2 is 2.06 bits per heavy atom. The first-order chi connectivity index (χ1) is 8.01. The summed E-state index contributed by atoms with van der Waals surface area (Å²) in [6.45, 7) is 12.5. The van der Waals surface area contributed by atoms with Gasteiger partial charge in [0, 0.05) is 25.6 Å². The van der Waals surface area contributed by atoms with E-state index in [-0.39, 0.29) is 11.8 Å². The Bertz CT molecular complexity index is 220. The van der Waals surface area contributed by atoms with Crippen molar-refractivity contribution in [2.24, 2.45) is 22.7 Å². The second-order valence-corrected chi connectivity index (χ2v) is 4.79. The van der Waals surface area contributed by atoms with E-state index in [2.05, 4.69) is 30.8 Å². The minimum atomic E-state index is 0.0602. The van der Waals surface area contributed by atoms with Crippen LogP contribution in [0.5, 0.6) is 0 Å². The van der Waals surface area contributed by atoms with Crippen molar-refractivity contribution in [3.05, 3.63) is 0 Å². The highest BCUT2D eigenvalue weighted by Gasteiger charge is 2.12. The fraction of sp³-hybridized carbons (Fsp3) is 0.917. The zero-order valence-corrected chi connectivity index (χ0v) is 11.5. The van der Waals surface area contributed by atoms with Gasteiger partial charge in [0.1, 0.15) is 5.84 Å². The highest BCUT2D eigenvalue weighted by molar-refractivity contribution is 5.82. The first-order valence-corrected chi connectivity index (χ1v) is 6.28. The van der Waals surface area contributed by atoms with Gasteiger partial charge in [-0.15, -0.1) is 0 Å². The molecule has 1 atom stereocenters. The lowest BCUT2D eigenvalue weighted by Gasteiger charge is -2.23. The van der Waals surface area contributed by atoms with Crippen molar-refractivity contribution >= 4 is 5.84 Å². The van der Waals surface area contributed by atoms with Crippen LogP contribution in [0.1, 0.15) is 27.7 Å². The Labute approximate surface area is 105 Å². The molecule has 0 bridgehead atoms. The van der Waals surface area contributed by atoms with E-state index >= 15 is 0 Å². The van der Waals surface area contributed by atoms with E-state index in [9.17, 15) is 0 Å². The number of nitrogens with two attached hydrogens (primary N) is 1. The van der Waals surface area contributed by atoms with Gasteiger partial charge in [-0.1, -0.05) is 32.9 Å². The van der Waals surface area contributed by atoms with E-state index in [1.54, 1.807) is 0 Å². The lowest BCUT2D eigenvalue weighted by atomic mass is 10.1. The van der Waals surface area contributed by atoms with Gasteiger partial charge in [-0.05, 0) is 12.5 Å². The lowest BCUT2D eigenvalue weighted by molar-refractivity contribution is 0.0850. The van der Waals surface area contributed by atoms with Crippen LogP contribution in [0.2, 0.25) is 0 Å². The van der Waals surface area contributed by atoms with Crippen molar-refractivity contribution in [2.75, 3.05) is 32.8 Å². The molecule has 0 aromatic rings. The molecular formula is C12H27N3O2. The molecule has 0 aliphatic carbocycles. The Hall–Kier alpha value is -0.810. The molecule has 0 rings (SSSR count). The number of amidine groups is 1. The summed E-state index contributed by atoms with van der Waals surface area (Å²) in [7, 11) is 0. The number of hydrogen-bond donors (Lipinski definition) is 2. The standard InChI is InChI=1S/C12H27N3O2/c1-5-15(6-7-17-9-10(2)3)8-11(4)12(13)14-16/h10-11,16H,5-9H2,1-4H3,(H2,13,14). The summed E-state index contributed by atoms with van der Waals surface area (Å²) >= 11 is 0. The van der Waals surface area contributed by atoms with Gasteiger partial charge in [-0.25, -0.2) is 0 Å². The molecule has 0 spiro atoms. The normalized spacial score (nSPS) is 14.6. The van der Waals surface area contributed by atoms with Gasteiger partial charge < -0.3 is 20.6 Å². The van der Waals surface area contributed by atoms with Crippen molar-refractivity contribution in [1.82, 2.24) is 4.90 Å². The highest BCUT2D eigenvalue weighted by Crippen LogP contribution is 2.01. The van der Waals surface area contributed by atoms with E-state index in [1.807, 2.05) is 6.92 Å². The van der Waals surface area contributed by atoms with E-state index in [0.29, 0.717) is 5.92 Å². The molecular weight excluding hydrogens is 218 g/mol. The zero-order chi connectivity index (χ0) is 13.3. The summed E-state index contributed by atoms with van der Waals surface area (Å²) in [5.41, 5.74) is 5.56. The van der Waals surface area contributed by atoms with Gasteiger partial charge in [0.05, 0.1) is 6.61 Å².